The smallest absolute Gasteiger partial charge is 0.184 e. The van der Waals surface area contributed by atoms with Gasteiger partial charge in [0, 0.05) is 29.9 Å². The van der Waals surface area contributed by atoms with Crippen molar-refractivity contribution in [3.05, 3.63) is 36.5 Å². The van der Waals surface area contributed by atoms with Crippen LogP contribution in [0.15, 0.2) is 36.5 Å². The van der Waals surface area contributed by atoms with Crippen molar-refractivity contribution in [1.82, 2.24) is 9.97 Å². The van der Waals surface area contributed by atoms with Crippen LogP contribution < -0.4 is 20.1 Å². The molecule has 118 valence electrons. The lowest BCUT2D eigenvalue weighted by molar-refractivity contribution is 0.172. The van der Waals surface area contributed by atoms with E-state index in [0.29, 0.717) is 13.2 Å². The highest BCUT2D eigenvalue weighted by atomic mass is 16.6. The minimum atomic E-state index is 0.553. The van der Waals surface area contributed by atoms with Crippen molar-refractivity contribution in [3.8, 4) is 11.5 Å². The largest absolute Gasteiger partial charge is 0.486 e. The lowest BCUT2D eigenvalue weighted by Gasteiger charge is -2.21. The number of ether oxygens (including phenoxy) is 2. The van der Waals surface area contributed by atoms with Crippen molar-refractivity contribution in [3.63, 3.8) is 0 Å². The Labute approximate surface area is 133 Å². The van der Waals surface area contributed by atoms with Crippen LogP contribution in [-0.2, 0) is 0 Å². The number of anilines is 3. The average molecular weight is 310 g/mol. The lowest BCUT2D eigenvalue weighted by atomic mass is 10.2. The topological polar surface area (TPSA) is 71.2 Å². The highest BCUT2D eigenvalue weighted by Gasteiger charge is 2.16. The predicted octanol–water partition coefficient (Wildman–Crippen LogP) is 3.51. The molecule has 3 N–H and O–H groups in total. The average Bonchev–Trinajstić information content (AvgIpc) is 3.04. The Kier molecular flexibility index (Phi) is 3.42. The number of aromatic amines is 1. The van der Waals surface area contributed by atoms with Crippen LogP contribution in [0.5, 0.6) is 11.5 Å². The van der Waals surface area contributed by atoms with Crippen molar-refractivity contribution >= 4 is 28.2 Å². The Morgan fingerprint density at radius 3 is 3.00 bits per heavy atom. The van der Waals surface area contributed by atoms with E-state index >= 15 is 0 Å². The second kappa shape index (κ2) is 5.72. The molecule has 3 heterocycles. The van der Waals surface area contributed by atoms with E-state index in [4.69, 9.17) is 9.47 Å². The number of pyridine rings is 1. The van der Waals surface area contributed by atoms with Gasteiger partial charge in [0.2, 0.25) is 0 Å². The minimum absolute atomic E-state index is 0.553. The third-order valence-electron chi connectivity index (χ3n) is 3.72. The number of nitrogens with one attached hydrogen (secondary N) is 3. The van der Waals surface area contributed by atoms with E-state index < -0.39 is 0 Å². The fourth-order valence-electron chi connectivity index (χ4n) is 2.75. The molecule has 0 atom stereocenters. The first-order valence-corrected chi connectivity index (χ1v) is 7.73. The molecule has 4 rings (SSSR count). The summed E-state index contributed by atoms with van der Waals surface area (Å²) in [6, 6.07) is 9.83. The molecule has 3 aromatic rings. The molecule has 1 aromatic carbocycles. The van der Waals surface area contributed by atoms with E-state index in [9.17, 15) is 0 Å². The highest BCUT2D eigenvalue weighted by molar-refractivity contribution is 5.92. The zero-order valence-corrected chi connectivity index (χ0v) is 12.8. The molecular weight excluding hydrogens is 292 g/mol. The summed E-state index contributed by atoms with van der Waals surface area (Å²) in [5.41, 5.74) is 2.74. The van der Waals surface area contributed by atoms with Gasteiger partial charge in [0.25, 0.3) is 0 Å². The van der Waals surface area contributed by atoms with Gasteiger partial charge >= 0.3 is 0 Å². The number of para-hydroxylation sites is 1. The van der Waals surface area contributed by atoms with Crippen LogP contribution in [0.1, 0.15) is 6.92 Å². The van der Waals surface area contributed by atoms with Gasteiger partial charge < -0.3 is 25.1 Å². The number of aromatic nitrogens is 2. The van der Waals surface area contributed by atoms with Gasteiger partial charge in [-0.1, -0.05) is 6.07 Å². The van der Waals surface area contributed by atoms with Gasteiger partial charge in [-0.3, -0.25) is 0 Å². The lowest BCUT2D eigenvalue weighted by Crippen LogP contribution is -2.16. The predicted molar refractivity (Wildman–Crippen MR) is 91.0 cm³/mol. The Bertz CT molecular complexity index is 844. The van der Waals surface area contributed by atoms with Crippen molar-refractivity contribution in [2.24, 2.45) is 0 Å². The Morgan fingerprint density at radius 2 is 2.09 bits per heavy atom. The number of benzene rings is 1. The van der Waals surface area contributed by atoms with Crippen LogP contribution in [0.25, 0.3) is 11.0 Å². The Hall–Kier alpha value is -2.89. The second-order valence-electron chi connectivity index (χ2n) is 5.28. The van der Waals surface area contributed by atoms with Gasteiger partial charge in [0.05, 0.1) is 5.69 Å². The molecule has 6 heteroatoms. The first-order chi connectivity index (χ1) is 11.3. The molecule has 6 nitrogen and oxygen atoms in total. The molecule has 1 aliphatic rings. The van der Waals surface area contributed by atoms with E-state index in [1.807, 2.05) is 36.5 Å². The molecule has 0 aliphatic carbocycles. The van der Waals surface area contributed by atoms with Gasteiger partial charge in [-0.2, -0.15) is 0 Å². The zero-order valence-electron chi connectivity index (χ0n) is 12.8. The fourth-order valence-corrected chi connectivity index (χ4v) is 2.75. The van der Waals surface area contributed by atoms with Gasteiger partial charge in [0.1, 0.15) is 24.7 Å². The van der Waals surface area contributed by atoms with Crippen molar-refractivity contribution in [2.45, 2.75) is 6.92 Å². The number of hydrogen-bond donors (Lipinski definition) is 3. The molecule has 1 aliphatic heterocycles. The highest BCUT2D eigenvalue weighted by Crippen LogP contribution is 2.39. The molecule has 23 heavy (non-hydrogen) atoms. The van der Waals surface area contributed by atoms with Crippen LogP contribution in [0.3, 0.4) is 0 Å². The quantitative estimate of drug-likeness (QED) is 0.688. The van der Waals surface area contributed by atoms with Gasteiger partial charge in [0.15, 0.2) is 11.5 Å². The summed E-state index contributed by atoms with van der Waals surface area (Å²) in [5.74, 6) is 2.24. The molecule has 0 spiro atoms. The van der Waals surface area contributed by atoms with Gasteiger partial charge in [-0.05, 0) is 25.1 Å². The maximum atomic E-state index is 5.74. The normalized spacial score (nSPS) is 13.1. The summed E-state index contributed by atoms with van der Waals surface area (Å²) >= 11 is 0. The van der Waals surface area contributed by atoms with Crippen LogP contribution in [0.2, 0.25) is 0 Å². The van der Waals surface area contributed by atoms with E-state index in [0.717, 1.165) is 46.3 Å². The maximum absolute atomic E-state index is 5.74. The van der Waals surface area contributed by atoms with Crippen LogP contribution in [0.4, 0.5) is 17.2 Å². The first kappa shape index (κ1) is 13.8. The van der Waals surface area contributed by atoms with Gasteiger partial charge in [-0.25, -0.2) is 4.98 Å². The van der Waals surface area contributed by atoms with E-state index in [1.165, 1.54) is 0 Å². The molecule has 0 amide bonds. The van der Waals surface area contributed by atoms with Crippen molar-refractivity contribution < 1.29 is 9.47 Å². The molecule has 2 aromatic heterocycles. The molecular formula is C17H18N4O2. The second-order valence-corrected chi connectivity index (χ2v) is 5.28. The number of nitrogens with zero attached hydrogens (tertiary/aromatic N) is 1. The Balaban J connectivity index is 1.73. The molecule has 0 unspecified atom stereocenters. The number of H-pyrrole nitrogens is 1. The van der Waals surface area contributed by atoms with Gasteiger partial charge in [-0.15, -0.1) is 0 Å². The first-order valence-electron chi connectivity index (χ1n) is 7.73. The number of rotatable bonds is 4. The SMILES string of the molecule is CCNc1cc(Nc2cccc3c2OCCO3)nc2[nH]ccc12. The third kappa shape index (κ3) is 2.52. The molecule has 0 saturated heterocycles. The summed E-state index contributed by atoms with van der Waals surface area (Å²) in [4.78, 5) is 7.78. The Morgan fingerprint density at radius 1 is 1.17 bits per heavy atom. The van der Waals surface area contributed by atoms with E-state index in [2.05, 4.69) is 27.5 Å². The molecule has 0 radical (unpaired) electrons. The third-order valence-corrected chi connectivity index (χ3v) is 3.72. The molecule has 0 bridgehead atoms. The van der Waals surface area contributed by atoms with Crippen LogP contribution >= 0.6 is 0 Å². The van der Waals surface area contributed by atoms with Crippen LogP contribution in [0, 0.1) is 0 Å². The fraction of sp³-hybridized carbons (Fsp3) is 0.235. The van der Waals surface area contributed by atoms with Crippen molar-refractivity contribution in [1.29, 1.82) is 0 Å². The molecule has 0 fully saturated rings. The summed E-state index contributed by atoms with van der Waals surface area (Å²) in [6.45, 7) is 4.05. The molecule has 0 saturated carbocycles. The maximum Gasteiger partial charge on any atom is 0.184 e. The standard InChI is InChI=1S/C17H18N4O2/c1-2-18-13-10-15(21-17-11(13)6-7-19-17)20-12-4-3-5-14-16(12)23-9-8-22-14/h3-7,10H,2,8-9H2,1H3,(H3,18,19,20,21). The van der Waals surface area contributed by atoms with E-state index in [1.54, 1.807) is 0 Å². The summed E-state index contributed by atoms with van der Waals surface area (Å²) in [6.07, 6.45) is 1.89. The number of fused-ring (bicyclic) bond motifs is 2. The van der Waals surface area contributed by atoms with Crippen molar-refractivity contribution in [2.75, 3.05) is 30.4 Å². The number of hydrogen-bond acceptors (Lipinski definition) is 5. The summed E-state index contributed by atoms with van der Waals surface area (Å²) in [7, 11) is 0. The van der Waals surface area contributed by atoms with Crippen LogP contribution in [-0.4, -0.2) is 29.7 Å². The minimum Gasteiger partial charge on any atom is -0.486 e. The zero-order chi connectivity index (χ0) is 15.6. The summed E-state index contributed by atoms with van der Waals surface area (Å²) < 4.78 is 11.4. The monoisotopic (exact) mass is 310 g/mol. The summed E-state index contributed by atoms with van der Waals surface area (Å²) in [5, 5.41) is 7.78. The van der Waals surface area contributed by atoms with E-state index in [-0.39, 0.29) is 0 Å².